The van der Waals surface area contributed by atoms with Crippen LogP contribution < -0.4 is 5.32 Å². The predicted molar refractivity (Wildman–Crippen MR) is 102 cm³/mol. The van der Waals surface area contributed by atoms with Crippen LogP contribution in [0.25, 0.3) is 21.3 Å². The summed E-state index contributed by atoms with van der Waals surface area (Å²) in [6, 6.07) is 1.65. The minimum absolute atomic E-state index is 0.194. The molecule has 0 radical (unpaired) electrons. The van der Waals surface area contributed by atoms with Gasteiger partial charge in [-0.25, -0.2) is 9.37 Å². The Balaban J connectivity index is 0.000000569. The summed E-state index contributed by atoms with van der Waals surface area (Å²) in [6.45, 7) is 2.77. The smallest absolute Gasteiger partial charge is 0.139 e. The monoisotopic (exact) mass is 404 g/mol. The van der Waals surface area contributed by atoms with Crippen molar-refractivity contribution in [3.05, 3.63) is 23.5 Å². The Kier molecular flexibility index (Phi) is 6.12. The van der Waals surface area contributed by atoms with Gasteiger partial charge in [0.1, 0.15) is 23.6 Å². The normalized spacial score (nSPS) is 22.0. The first kappa shape index (κ1) is 18.8. The van der Waals surface area contributed by atoms with Crippen LogP contribution in [0.2, 0.25) is 0 Å². The second kappa shape index (κ2) is 8.14. The van der Waals surface area contributed by atoms with Crippen LogP contribution in [-0.4, -0.2) is 44.2 Å². The molecule has 3 aromatic rings. The van der Waals surface area contributed by atoms with Crippen LogP contribution in [0.1, 0.15) is 31.3 Å². The minimum Gasteiger partial charge on any atom is -0.385 e. The maximum Gasteiger partial charge on any atom is 0.139 e. The number of aromatic nitrogens is 3. The highest BCUT2D eigenvalue weighted by Crippen LogP contribution is 2.35. The highest BCUT2D eigenvalue weighted by atomic mass is 35.5. The number of hydrogen-bond acceptors (Lipinski definition) is 5. The molecule has 136 valence electrons. The molecule has 0 aromatic carbocycles. The molecule has 4 heterocycles. The van der Waals surface area contributed by atoms with Crippen molar-refractivity contribution in [1.82, 2.24) is 19.9 Å². The van der Waals surface area contributed by atoms with E-state index in [0.29, 0.717) is 18.8 Å². The van der Waals surface area contributed by atoms with Crippen molar-refractivity contribution in [1.29, 1.82) is 0 Å². The summed E-state index contributed by atoms with van der Waals surface area (Å²) >= 11 is 11.1. The number of thiophene rings is 1. The summed E-state index contributed by atoms with van der Waals surface area (Å²) in [5, 5.41) is 15.4. The number of alkyl halides is 3. The van der Waals surface area contributed by atoms with Crippen molar-refractivity contribution in [3.63, 3.8) is 0 Å². The van der Waals surface area contributed by atoms with Crippen molar-refractivity contribution < 1.29 is 9.50 Å². The molecule has 3 aromatic heterocycles. The maximum atomic E-state index is 14.5. The third kappa shape index (κ3) is 3.61. The minimum atomic E-state index is -0.994. The van der Waals surface area contributed by atoms with Gasteiger partial charge in [0.25, 0.3) is 0 Å². The standard InChI is InChI=1S/C15H17FN4OS.CH2Cl2/c1-8(21)15-19-11-7-18-10-3-5-22-14(10)13(11)20(15)12-2-4-17-6-9(12)16;2-1-3/h3,5,7-9,12,17,21H,2,4,6H2,1H3;1H2/t8-,9?,12?;/m1./s1. The van der Waals surface area contributed by atoms with Gasteiger partial charge in [0.05, 0.1) is 33.3 Å². The first-order valence-electron chi connectivity index (χ1n) is 7.97. The van der Waals surface area contributed by atoms with E-state index in [9.17, 15) is 9.50 Å². The summed E-state index contributed by atoms with van der Waals surface area (Å²) < 4.78 is 17.4. The van der Waals surface area contributed by atoms with Crippen LogP contribution in [0.5, 0.6) is 0 Å². The van der Waals surface area contributed by atoms with Crippen molar-refractivity contribution >= 4 is 55.8 Å². The number of piperidine rings is 1. The van der Waals surface area contributed by atoms with Gasteiger partial charge in [0, 0.05) is 6.54 Å². The summed E-state index contributed by atoms with van der Waals surface area (Å²) in [5.41, 5.74) is 2.50. The molecule has 0 saturated carbocycles. The molecule has 0 aliphatic carbocycles. The summed E-state index contributed by atoms with van der Waals surface area (Å²) in [5.74, 6) is 0.521. The molecule has 2 unspecified atom stereocenters. The lowest BCUT2D eigenvalue weighted by Crippen LogP contribution is -2.39. The van der Waals surface area contributed by atoms with E-state index in [1.807, 2.05) is 16.0 Å². The van der Waals surface area contributed by atoms with Gasteiger partial charge >= 0.3 is 0 Å². The van der Waals surface area contributed by atoms with Crippen LogP contribution in [0, 0.1) is 0 Å². The number of imidazole rings is 1. The van der Waals surface area contributed by atoms with E-state index in [4.69, 9.17) is 23.2 Å². The summed E-state index contributed by atoms with van der Waals surface area (Å²) in [7, 11) is 0. The highest BCUT2D eigenvalue weighted by Gasteiger charge is 2.31. The Hall–Kier alpha value is -0.990. The number of nitrogens with one attached hydrogen (secondary N) is 1. The zero-order valence-electron chi connectivity index (χ0n) is 13.6. The third-order valence-corrected chi connectivity index (χ3v) is 5.14. The topological polar surface area (TPSA) is 63.0 Å². The molecule has 9 heteroatoms. The molecule has 0 amide bonds. The molecule has 1 aliphatic heterocycles. The average Bonchev–Trinajstić information content (AvgIpc) is 3.19. The van der Waals surface area contributed by atoms with E-state index < -0.39 is 12.3 Å². The van der Waals surface area contributed by atoms with Gasteiger partial charge in [-0.2, -0.15) is 0 Å². The van der Waals surface area contributed by atoms with Crippen LogP contribution in [0.3, 0.4) is 0 Å². The first-order chi connectivity index (χ1) is 12.1. The molecule has 0 spiro atoms. The van der Waals surface area contributed by atoms with Crippen LogP contribution in [-0.2, 0) is 0 Å². The molecule has 2 N–H and O–H groups in total. The van der Waals surface area contributed by atoms with Crippen LogP contribution >= 0.6 is 34.5 Å². The fourth-order valence-corrected chi connectivity index (χ4v) is 4.11. The lowest BCUT2D eigenvalue weighted by atomic mass is 10.0. The van der Waals surface area contributed by atoms with E-state index in [2.05, 4.69) is 15.3 Å². The fourth-order valence-electron chi connectivity index (χ4n) is 3.22. The van der Waals surface area contributed by atoms with Crippen LogP contribution in [0.4, 0.5) is 4.39 Å². The SMILES string of the molecule is C[C@@H](O)c1nc2cnc3ccsc3c2n1C1CCNCC1F.ClCCl. The lowest BCUT2D eigenvalue weighted by molar-refractivity contribution is 0.153. The summed E-state index contributed by atoms with van der Waals surface area (Å²) in [4.78, 5) is 8.92. The molecule has 4 rings (SSSR count). The number of aliphatic hydroxyl groups excluding tert-OH is 1. The molecular formula is C16H19Cl2FN4OS. The number of rotatable bonds is 2. The van der Waals surface area contributed by atoms with E-state index >= 15 is 0 Å². The second-order valence-electron chi connectivity index (χ2n) is 5.82. The van der Waals surface area contributed by atoms with Crippen molar-refractivity contribution in [2.24, 2.45) is 0 Å². The van der Waals surface area contributed by atoms with Crippen molar-refractivity contribution in [3.8, 4) is 0 Å². The number of hydrogen-bond donors (Lipinski definition) is 2. The van der Waals surface area contributed by atoms with Gasteiger partial charge in [-0.05, 0) is 31.3 Å². The number of aliphatic hydroxyl groups is 1. The van der Waals surface area contributed by atoms with E-state index in [-0.39, 0.29) is 11.4 Å². The molecular weight excluding hydrogens is 386 g/mol. The summed E-state index contributed by atoms with van der Waals surface area (Å²) in [6.07, 6.45) is 0.652. The Morgan fingerprint density at radius 1 is 1.48 bits per heavy atom. The number of fused-ring (bicyclic) bond motifs is 3. The Labute approximate surface area is 158 Å². The third-order valence-electron chi connectivity index (χ3n) is 4.23. The Morgan fingerprint density at radius 2 is 2.24 bits per heavy atom. The lowest BCUT2D eigenvalue weighted by Gasteiger charge is -2.30. The molecule has 5 nitrogen and oxygen atoms in total. The molecule has 1 fully saturated rings. The Bertz CT molecular complexity index is 853. The average molecular weight is 405 g/mol. The van der Waals surface area contributed by atoms with Gasteiger partial charge in [0.15, 0.2) is 0 Å². The predicted octanol–water partition coefficient (Wildman–Crippen LogP) is 3.99. The highest BCUT2D eigenvalue weighted by molar-refractivity contribution is 7.18. The molecule has 0 bridgehead atoms. The van der Waals surface area contributed by atoms with Crippen LogP contribution in [0.15, 0.2) is 17.6 Å². The number of pyridine rings is 1. The molecule has 25 heavy (non-hydrogen) atoms. The van der Waals surface area contributed by atoms with E-state index in [0.717, 1.165) is 27.8 Å². The molecule has 3 atom stereocenters. The number of nitrogens with zero attached hydrogens (tertiary/aromatic N) is 3. The largest absolute Gasteiger partial charge is 0.385 e. The number of halogens is 3. The molecule has 1 saturated heterocycles. The fraction of sp³-hybridized carbons (Fsp3) is 0.500. The van der Waals surface area contributed by atoms with Crippen molar-refractivity contribution in [2.75, 3.05) is 18.4 Å². The van der Waals surface area contributed by atoms with Gasteiger partial charge < -0.3 is 15.0 Å². The zero-order chi connectivity index (χ0) is 18.0. The van der Waals surface area contributed by atoms with Gasteiger partial charge in [-0.15, -0.1) is 34.5 Å². The van der Waals surface area contributed by atoms with Gasteiger partial charge in [-0.1, -0.05) is 0 Å². The zero-order valence-corrected chi connectivity index (χ0v) is 16.0. The van der Waals surface area contributed by atoms with Gasteiger partial charge in [-0.3, -0.25) is 4.98 Å². The first-order valence-corrected chi connectivity index (χ1v) is 9.92. The van der Waals surface area contributed by atoms with E-state index in [1.54, 1.807) is 24.5 Å². The molecule has 1 aliphatic rings. The second-order valence-corrected chi connectivity index (χ2v) is 7.54. The Morgan fingerprint density at radius 3 is 2.92 bits per heavy atom. The van der Waals surface area contributed by atoms with Gasteiger partial charge in [0.2, 0.25) is 0 Å². The van der Waals surface area contributed by atoms with E-state index in [1.165, 1.54) is 0 Å². The van der Waals surface area contributed by atoms with Crippen molar-refractivity contribution in [2.45, 2.75) is 31.7 Å². The quantitative estimate of drug-likeness (QED) is 0.633. The maximum absolute atomic E-state index is 14.5.